The number of para-hydroxylation sites is 1. The second-order valence-corrected chi connectivity index (χ2v) is 7.23. The van der Waals surface area contributed by atoms with E-state index in [-0.39, 0.29) is 11.6 Å². The predicted octanol–water partition coefficient (Wildman–Crippen LogP) is 2.58. The summed E-state index contributed by atoms with van der Waals surface area (Å²) in [5.41, 5.74) is 7.66. The molecule has 0 aliphatic carbocycles. The lowest BCUT2D eigenvalue weighted by Crippen LogP contribution is -2.14. The Hall–Kier alpha value is -3.90. The van der Waals surface area contributed by atoms with E-state index >= 15 is 0 Å². The van der Waals surface area contributed by atoms with Crippen molar-refractivity contribution in [3.8, 4) is 40.4 Å². The first kappa shape index (κ1) is 19.4. The number of imidazole rings is 1. The number of nitrogens with zero attached hydrogens (tertiary/aromatic N) is 5. The largest absolute Gasteiger partial charge is 0.507 e. The van der Waals surface area contributed by atoms with Crippen LogP contribution in [0.25, 0.3) is 33.8 Å². The van der Waals surface area contributed by atoms with E-state index in [9.17, 15) is 10.2 Å². The number of phenols is 1. The van der Waals surface area contributed by atoms with Gasteiger partial charge in [-0.05, 0) is 55.2 Å². The van der Waals surface area contributed by atoms with Gasteiger partial charge in [0.05, 0.1) is 11.2 Å². The molecule has 1 aromatic carbocycles. The van der Waals surface area contributed by atoms with Crippen molar-refractivity contribution in [2.45, 2.75) is 32.9 Å². The summed E-state index contributed by atoms with van der Waals surface area (Å²) in [6.07, 6.45) is 0. The van der Waals surface area contributed by atoms with Gasteiger partial charge in [0, 0.05) is 12.1 Å². The fraction of sp³-hybridized carbons (Fsp3) is 0.238. The topological polar surface area (TPSA) is 136 Å². The summed E-state index contributed by atoms with van der Waals surface area (Å²) in [4.78, 5) is 9.27. The highest BCUT2D eigenvalue weighted by Gasteiger charge is 2.22. The van der Waals surface area contributed by atoms with Gasteiger partial charge >= 0.3 is 0 Å². The number of aromatic nitrogens is 5. The van der Waals surface area contributed by atoms with Crippen molar-refractivity contribution in [3.05, 3.63) is 36.0 Å². The normalized spacial score (nSPS) is 11.5. The maximum Gasteiger partial charge on any atom is 0.199 e. The van der Waals surface area contributed by atoms with Crippen molar-refractivity contribution in [2.24, 2.45) is 0 Å². The van der Waals surface area contributed by atoms with Crippen LogP contribution in [0, 0.1) is 11.8 Å². The van der Waals surface area contributed by atoms with Crippen molar-refractivity contribution in [2.75, 3.05) is 5.73 Å². The molecule has 0 atom stereocenters. The van der Waals surface area contributed by atoms with Crippen LogP contribution >= 0.6 is 0 Å². The summed E-state index contributed by atoms with van der Waals surface area (Å²) < 4.78 is 6.63. The van der Waals surface area contributed by atoms with Gasteiger partial charge in [-0.3, -0.25) is 0 Å². The Bertz CT molecular complexity index is 1300. The molecule has 0 saturated heterocycles. The summed E-state index contributed by atoms with van der Waals surface area (Å²) in [5.74, 6) is 6.38. The monoisotopic (exact) mass is 404 g/mol. The number of pyridine rings is 1. The Morgan fingerprint density at radius 2 is 1.97 bits per heavy atom. The maximum absolute atomic E-state index is 10.3. The first-order valence-corrected chi connectivity index (χ1v) is 9.32. The minimum atomic E-state index is -1.21. The number of anilines is 1. The van der Waals surface area contributed by atoms with Gasteiger partial charge in [0.25, 0.3) is 0 Å². The van der Waals surface area contributed by atoms with E-state index < -0.39 is 5.60 Å². The van der Waals surface area contributed by atoms with Crippen molar-refractivity contribution < 1.29 is 14.8 Å². The van der Waals surface area contributed by atoms with Crippen LogP contribution in [0.3, 0.4) is 0 Å². The second kappa shape index (κ2) is 7.17. The highest BCUT2D eigenvalue weighted by molar-refractivity contribution is 5.89. The lowest BCUT2D eigenvalue weighted by atomic mass is 10.1. The van der Waals surface area contributed by atoms with Gasteiger partial charge in [0.1, 0.15) is 22.6 Å². The second-order valence-electron chi connectivity index (χ2n) is 7.23. The maximum atomic E-state index is 10.3. The fourth-order valence-electron chi connectivity index (χ4n) is 3.10. The molecule has 30 heavy (non-hydrogen) atoms. The summed E-state index contributed by atoms with van der Waals surface area (Å²) in [7, 11) is 0. The molecule has 3 heterocycles. The molecule has 0 bridgehead atoms. The van der Waals surface area contributed by atoms with E-state index in [0.717, 1.165) is 5.52 Å². The number of aryl methyl sites for hydroxylation is 1. The molecule has 0 spiro atoms. The van der Waals surface area contributed by atoms with Gasteiger partial charge in [0.2, 0.25) is 0 Å². The van der Waals surface area contributed by atoms with Crippen molar-refractivity contribution >= 4 is 16.9 Å². The molecule has 0 aliphatic heterocycles. The molecule has 0 radical (unpaired) electrons. The number of rotatable bonds is 3. The van der Waals surface area contributed by atoms with Crippen LogP contribution in [0.15, 0.2) is 35.0 Å². The first-order chi connectivity index (χ1) is 14.3. The molecular formula is C21H20N6O3. The number of hydrogen-bond donors (Lipinski definition) is 3. The molecule has 4 N–H and O–H groups in total. The van der Waals surface area contributed by atoms with Crippen LogP contribution in [0.4, 0.5) is 5.82 Å². The SMILES string of the molecule is CCn1c(-c2nonc2N)nc2c(C#CC(C)(C)O)nc(-c3ccccc3O)cc21. The summed E-state index contributed by atoms with van der Waals surface area (Å²) in [5, 5.41) is 27.9. The molecule has 4 rings (SSSR count). The van der Waals surface area contributed by atoms with Crippen molar-refractivity contribution in [1.82, 2.24) is 24.8 Å². The van der Waals surface area contributed by atoms with E-state index in [2.05, 4.69) is 32.1 Å². The zero-order chi connectivity index (χ0) is 21.5. The number of nitrogen functional groups attached to an aromatic ring is 1. The van der Waals surface area contributed by atoms with Crippen molar-refractivity contribution in [1.29, 1.82) is 0 Å². The molecule has 9 nitrogen and oxygen atoms in total. The Morgan fingerprint density at radius 3 is 2.60 bits per heavy atom. The average molecular weight is 404 g/mol. The molecule has 0 amide bonds. The Balaban J connectivity index is 2.06. The zero-order valence-corrected chi connectivity index (χ0v) is 16.7. The highest BCUT2D eigenvalue weighted by Crippen LogP contribution is 2.33. The summed E-state index contributed by atoms with van der Waals surface area (Å²) >= 11 is 0. The fourth-order valence-corrected chi connectivity index (χ4v) is 3.10. The van der Waals surface area contributed by atoms with Gasteiger partial charge in [-0.25, -0.2) is 14.6 Å². The Labute approximate surface area is 172 Å². The van der Waals surface area contributed by atoms with Gasteiger partial charge in [0.15, 0.2) is 17.3 Å². The van der Waals surface area contributed by atoms with Gasteiger partial charge < -0.3 is 20.5 Å². The van der Waals surface area contributed by atoms with Crippen LogP contribution in [-0.4, -0.2) is 40.7 Å². The van der Waals surface area contributed by atoms with E-state index in [1.165, 1.54) is 0 Å². The molecular weight excluding hydrogens is 384 g/mol. The van der Waals surface area contributed by atoms with E-state index in [0.29, 0.717) is 40.5 Å². The molecule has 0 saturated carbocycles. The third-order valence-corrected chi connectivity index (χ3v) is 4.45. The number of benzene rings is 1. The number of nitrogens with two attached hydrogens (primary N) is 1. The summed E-state index contributed by atoms with van der Waals surface area (Å²) in [6, 6.07) is 8.73. The number of hydrogen-bond acceptors (Lipinski definition) is 8. The quantitative estimate of drug-likeness (QED) is 0.443. The number of aromatic hydroxyl groups is 1. The molecule has 9 heteroatoms. The average Bonchev–Trinajstić information content (AvgIpc) is 3.28. The molecule has 0 fully saturated rings. The Kier molecular flexibility index (Phi) is 4.64. The van der Waals surface area contributed by atoms with Gasteiger partial charge in [-0.2, -0.15) is 0 Å². The minimum absolute atomic E-state index is 0.0958. The van der Waals surface area contributed by atoms with Crippen LogP contribution in [-0.2, 0) is 6.54 Å². The minimum Gasteiger partial charge on any atom is -0.507 e. The van der Waals surface area contributed by atoms with E-state index in [1.54, 1.807) is 32.0 Å². The third kappa shape index (κ3) is 3.44. The number of aliphatic hydroxyl groups is 1. The standard InChI is InChI=1S/C21H20N6O3/c1-4-27-15-11-14(12-7-5-6-8-16(12)28)23-13(9-10-21(2,3)29)17(15)24-20(27)18-19(22)26-30-25-18/h5-8,11,28-29H,4H2,1-3H3,(H2,22,26). The number of fused-ring (bicyclic) bond motifs is 1. The predicted molar refractivity (Wildman–Crippen MR) is 111 cm³/mol. The lowest BCUT2D eigenvalue weighted by Gasteiger charge is -2.08. The van der Waals surface area contributed by atoms with Crippen LogP contribution in [0.2, 0.25) is 0 Å². The summed E-state index contributed by atoms with van der Waals surface area (Å²) in [6.45, 7) is 5.68. The molecule has 0 unspecified atom stereocenters. The molecule has 0 aliphatic rings. The van der Waals surface area contributed by atoms with Crippen molar-refractivity contribution in [3.63, 3.8) is 0 Å². The van der Waals surface area contributed by atoms with Gasteiger partial charge in [-0.15, -0.1) is 0 Å². The van der Waals surface area contributed by atoms with Crippen LogP contribution in [0.1, 0.15) is 26.5 Å². The molecule has 152 valence electrons. The van der Waals surface area contributed by atoms with E-state index in [1.807, 2.05) is 23.6 Å². The zero-order valence-electron chi connectivity index (χ0n) is 16.7. The van der Waals surface area contributed by atoms with E-state index in [4.69, 9.17) is 10.4 Å². The molecule has 4 aromatic rings. The molecule has 3 aromatic heterocycles. The van der Waals surface area contributed by atoms with Gasteiger partial charge in [-0.1, -0.05) is 18.1 Å². The third-order valence-electron chi connectivity index (χ3n) is 4.45. The Morgan fingerprint density at radius 1 is 1.20 bits per heavy atom. The lowest BCUT2D eigenvalue weighted by molar-refractivity contribution is 0.143. The van der Waals surface area contributed by atoms with Crippen LogP contribution < -0.4 is 5.73 Å². The number of phenolic OH excluding ortho intramolecular Hbond substituents is 1. The smallest absolute Gasteiger partial charge is 0.199 e. The first-order valence-electron chi connectivity index (χ1n) is 9.32. The highest BCUT2D eigenvalue weighted by atomic mass is 16.6. The van der Waals surface area contributed by atoms with Crippen LogP contribution in [0.5, 0.6) is 5.75 Å².